The van der Waals surface area contributed by atoms with E-state index in [1.54, 1.807) is 0 Å². The van der Waals surface area contributed by atoms with Gasteiger partial charge in [-0.3, -0.25) is 0 Å². The normalized spacial score (nSPS) is 10.6. The van der Waals surface area contributed by atoms with Gasteiger partial charge in [-0.2, -0.15) is 0 Å². The number of nitrogens with one attached hydrogen (secondary N) is 1. The van der Waals surface area contributed by atoms with Crippen molar-refractivity contribution in [3.63, 3.8) is 0 Å². The SMILES string of the molecule is C=CCCCOCCn1cc(CNCC)nn1. The Morgan fingerprint density at radius 3 is 3.18 bits per heavy atom. The summed E-state index contributed by atoms with van der Waals surface area (Å²) in [5.41, 5.74) is 0.971. The van der Waals surface area contributed by atoms with Crippen molar-refractivity contribution in [2.75, 3.05) is 19.8 Å². The van der Waals surface area contributed by atoms with E-state index in [0.717, 1.165) is 44.8 Å². The van der Waals surface area contributed by atoms with E-state index in [2.05, 4.69) is 29.1 Å². The van der Waals surface area contributed by atoms with Crippen LogP contribution in [0.25, 0.3) is 0 Å². The second-order valence-electron chi connectivity index (χ2n) is 3.80. The summed E-state index contributed by atoms with van der Waals surface area (Å²) in [4.78, 5) is 0. The summed E-state index contributed by atoms with van der Waals surface area (Å²) in [6.07, 6.45) is 5.91. The molecule has 0 radical (unpaired) electrons. The second kappa shape index (κ2) is 8.90. The molecule has 0 atom stereocenters. The summed E-state index contributed by atoms with van der Waals surface area (Å²) in [5.74, 6) is 0. The van der Waals surface area contributed by atoms with Gasteiger partial charge in [0.2, 0.25) is 0 Å². The van der Waals surface area contributed by atoms with E-state index in [-0.39, 0.29) is 0 Å². The van der Waals surface area contributed by atoms with Gasteiger partial charge in [0.05, 0.1) is 18.8 Å². The Balaban J connectivity index is 2.10. The third-order valence-electron chi connectivity index (χ3n) is 2.30. The maximum absolute atomic E-state index is 5.48. The lowest BCUT2D eigenvalue weighted by Crippen LogP contribution is -2.12. The predicted octanol–water partition coefficient (Wildman–Crippen LogP) is 1.37. The minimum Gasteiger partial charge on any atom is -0.380 e. The average molecular weight is 238 g/mol. The number of nitrogens with zero attached hydrogens (tertiary/aromatic N) is 3. The Morgan fingerprint density at radius 1 is 1.53 bits per heavy atom. The second-order valence-corrected chi connectivity index (χ2v) is 3.80. The van der Waals surface area contributed by atoms with Crippen LogP contribution in [0.1, 0.15) is 25.5 Å². The van der Waals surface area contributed by atoms with Crippen molar-refractivity contribution >= 4 is 0 Å². The Labute approximate surface area is 103 Å². The molecular weight excluding hydrogens is 216 g/mol. The van der Waals surface area contributed by atoms with E-state index in [9.17, 15) is 0 Å². The maximum atomic E-state index is 5.48. The number of hydrogen-bond donors (Lipinski definition) is 1. The molecule has 1 aromatic heterocycles. The molecule has 0 fully saturated rings. The van der Waals surface area contributed by atoms with Gasteiger partial charge in [-0.05, 0) is 19.4 Å². The molecule has 1 heterocycles. The van der Waals surface area contributed by atoms with E-state index in [1.807, 2.05) is 17.0 Å². The van der Waals surface area contributed by atoms with Crippen LogP contribution in [-0.2, 0) is 17.8 Å². The van der Waals surface area contributed by atoms with Crippen molar-refractivity contribution < 1.29 is 4.74 Å². The summed E-state index contributed by atoms with van der Waals surface area (Å²) in [6, 6.07) is 0. The van der Waals surface area contributed by atoms with Gasteiger partial charge >= 0.3 is 0 Å². The van der Waals surface area contributed by atoms with Crippen LogP contribution >= 0.6 is 0 Å². The van der Waals surface area contributed by atoms with Crippen LogP contribution in [0.2, 0.25) is 0 Å². The van der Waals surface area contributed by atoms with Crippen LogP contribution in [0, 0.1) is 0 Å². The van der Waals surface area contributed by atoms with Crippen molar-refractivity contribution in [3.05, 3.63) is 24.5 Å². The van der Waals surface area contributed by atoms with Gasteiger partial charge in [0.25, 0.3) is 0 Å². The van der Waals surface area contributed by atoms with E-state index >= 15 is 0 Å². The van der Waals surface area contributed by atoms with Crippen molar-refractivity contribution in [2.24, 2.45) is 0 Å². The molecule has 17 heavy (non-hydrogen) atoms. The van der Waals surface area contributed by atoms with E-state index < -0.39 is 0 Å². The highest BCUT2D eigenvalue weighted by Crippen LogP contribution is 1.94. The topological polar surface area (TPSA) is 52.0 Å². The molecule has 0 aliphatic carbocycles. The van der Waals surface area contributed by atoms with E-state index in [0.29, 0.717) is 6.61 Å². The van der Waals surface area contributed by atoms with Gasteiger partial charge in [0.15, 0.2) is 0 Å². The predicted molar refractivity (Wildman–Crippen MR) is 67.7 cm³/mol. The monoisotopic (exact) mass is 238 g/mol. The molecule has 0 unspecified atom stereocenters. The lowest BCUT2D eigenvalue weighted by atomic mass is 10.3. The summed E-state index contributed by atoms with van der Waals surface area (Å²) < 4.78 is 7.30. The molecule has 1 aromatic rings. The third-order valence-corrected chi connectivity index (χ3v) is 2.30. The number of rotatable bonds is 10. The fourth-order valence-electron chi connectivity index (χ4n) is 1.37. The first kappa shape index (κ1) is 13.9. The van der Waals surface area contributed by atoms with Crippen LogP contribution in [0.3, 0.4) is 0 Å². The number of unbranched alkanes of at least 4 members (excludes halogenated alkanes) is 1. The van der Waals surface area contributed by atoms with Crippen molar-refractivity contribution in [3.8, 4) is 0 Å². The highest BCUT2D eigenvalue weighted by Gasteiger charge is 1.99. The molecule has 0 aliphatic rings. The largest absolute Gasteiger partial charge is 0.380 e. The molecule has 1 rings (SSSR count). The van der Waals surface area contributed by atoms with Crippen LogP contribution < -0.4 is 5.32 Å². The lowest BCUT2D eigenvalue weighted by molar-refractivity contribution is 0.121. The molecule has 5 nitrogen and oxygen atoms in total. The highest BCUT2D eigenvalue weighted by molar-refractivity contribution is 4.91. The number of ether oxygens (including phenoxy) is 1. The minimum absolute atomic E-state index is 0.682. The summed E-state index contributed by atoms with van der Waals surface area (Å²) in [7, 11) is 0. The zero-order valence-corrected chi connectivity index (χ0v) is 10.6. The molecule has 0 saturated heterocycles. The van der Waals surface area contributed by atoms with Crippen LogP contribution in [0.5, 0.6) is 0 Å². The molecule has 5 heteroatoms. The van der Waals surface area contributed by atoms with Crippen molar-refractivity contribution in [1.82, 2.24) is 20.3 Å². The van der Waals surface area contributed by atoms with Gasteiger partial charge in [0, 0.05) is 19.3 Å². The van der Waals surface area contributed by atoms with Gasteiger partial charge < -0.3 is 10.1 Å². The molecule has 0 aromatic carbocycles. The van der Waals surface area contributed by atoms with Crippen LogP contribution in [0.15, 0.2) is 18.9 Å². The first-order valence-corrected chi connectivity index (χ1v) is 6.15. The molecule has 0 spiro atoms. The average Bonchev–Trinajstić information content (AvgIpc) is 2.79. The Morgan fingerprint density at radius 2 is 2.41 bits per heavy atom. The zero-order chi connectivity index (χ0) is 12.3. The maximum Gasteiger partial charge on any atom is 0.0964 e. The van der Waals surface area contributed by atoms with Gasteiger partial charge in [-0.25, -0.2) is 4.68 Å². The highest BCUT2D eigenvalue weighted by atomic mass is 16.5. The molecule has 96 valence electrons. The van der Waals surface area contributed by atoms with Crippen molar-refractivity contribution in [1.29, 1.82) is 0 Å². The van der Waals surface area contributed by atoms with Crippen LogP contribution in [-0.4, -0.2) is 34.8 Å². The first-order valence-electron chi connectivity index (χ1n) is 6.15. The van der Waals surface area contributed by atoms with Gasteiger partial charge in [0.1, 0.15) is 0 Å². The Bertz CT molecular complexity index is 311. The molecule has 0 saturated carbocycles. The first-order chi connectivity index (χ1) is 8.36. The number of aromatic nitrogens is 3. The molecule has 0 amide bonds. The molecule has 0 bridgehead atoms. The smallest absolute Gasteiger partial charge is 0.0964 e. The summed E-state index contributed by atoms with van der Waals surface area (Å²) >= 11 is 0. The van der Waals surface area contributed by atoms with Crippen LogP contribution in [0.4, 0.5) is 0 Å². The molecular formula is C12H22N4O. The fraction of sp³-hybridized carbons (Fsp3) is 0.667. The number of hydrogen-bond acceptors (Lipinski definition) is 4. The van der Waals surface area contributed by atoms with E-state index in [1.165, 1.54) is 0 Å². The quantitative estimate of drug-likeness (QED) is 0.494. The van der Waals surface area contributed by atoms with Gasteiger partial charge in [-0.1, -0.05) is 18.2 Å². The third kappa shape index (κ3) is 6.19. The Kier molecular flexibility index (Phi) is 7.25. The fourth-order valence-corrected chi connectivity index (χ4v) is 1.37. The lowest BCUT2D eigenvalue weighted by Gasteiger charge is -2.02. The number of allylic oxidation sites excluding steroid dienone is 1. The molecule has 1 N–H and O–H groups in total. The van der Waals surface area contributed by atoms with Crippen molar-refractivity contribution in [2.45, 2.75) is 32.9 Å². The van der Waals surface area contributed by atoms with Gasteiger partial charge in [-0.15, -0.1) is 11.7 Å². The minimum atomic E-state index is 0.682. The Hall–Kier alpha value is -1.20. The standard InChI is InChI=1S/C12H22N4O/c1-3-5-6-8-17-9-7-16-11-12(14-15-16)10-13-4-2/h3,11,13H,1,4-10H2,2H3. The molecule has 0 aliphatic heterocycles. The van der Waals surface area contributed by atoms with E-state index in [4.69, 9.17) is 4.74 Å². The summed E-state index contributed by atoms with van der Waals surface area (Å²) in [6.45, 7) is 9.68. The summed E-state index contributed by atoms with van der Waals surface area (Å²) in [5, 5.41) is 11.3. The zero-order valence-electron chi connectivity index (χ0n) is 10.6.